The smallest absolute Gasteiger partial charge is 0.236 e. The fraction of sp³-hybridized carbons (Fsp3) is 0.938. The van der Waals surface area contributed by atoms with Gasteiger partial charge in [0, 0.05) is 33.3 Å². The van der Waals surface area contributed by atoms with Crippen molar-refractivity contribution in [3.05, 3.63) is 0 Å². The summed E-state index contributed by atoms with van der Waals surface area (Å²) in [5.41, 5.74) is 0. The summed E-state index contributed by atoms with van der Waals surface area (Å²) in [4.78, 5) is 16.5. The number of nitrogens with zero attached hydrogens (tertiary/aromatic N) is 2. The third-order valence-corrected chi connectivity index (χ3v) is 4.19. The molecule has 0 atom stereocenters. The highest BCUT2D eigenvalue weighted by atomic mass is 16.5. The van der Waals surface area contributed by atoms with Crippen molar-refractivity contribution in [1.29, 1.82) is 0 Å². The third kappa shape index (κ3) is 7.79. The lowest BCUT2D eigenvalue weighted by Gasteiger charge is -2.34. The van der Waals surface area contributed by atoms with E-state index in [9.17, 15) is 4.79 Å². The molecule has 0 aliphatic carbocycles. The molecular weight excluding hydrogens is 266 g/mol. The Hall–Kier alpha value is -0.650. The van der Waals surface area contributed by atoms with Crippen molar-refractivity contribution >= 4 is 5.91 Å². The number of hydrogen-bond donors (Lipinski definition) is 1. The van der Waals surface area contributed by atoms with Crippen LogP contribution in [-0.2, 0) is 9.53 Å². The average molecular weight is 299 g/mol. The van der Waals surface area contributed by atoms with E-state index in [1.807, 2.05) is 4.90 Å². The van der Waals surface area contributed by atoms with E-state index in [1.165, 1.54) is 25.9 Å². The van der Waals surface area contributed by atoms with E-state index >= 15 is 0 Å². The summed E-state index contributed by atoms with van der Waals surface area (Å²) in [6, 6.07) is 0. The molecule has 1 rings (SSSR count). The summed E-state index contributed by atoms with van der Waals surface area (Å²) in [5.74, 6) is 0.973. The van der Waals surface area contributed by atoms with Gasteiger partial charge < -0.3 is 19.9 Å². The number of methoxy groups -OCH3 is 1. The Morgan fingerprint density at radius 2 is 2.10 bits per heavy atom. The maximum absolute atomic E-state index is 12.0. The highest BCUT2D eigenvalue weighted by Crippen LogP contribution is 2.18. The lowest BCUT2D eigenvalue weighted by atomic mass is 9.96. The zero-order valence-electron chi connectivity index (χ0n) is 14.1. The average Bonchev–Trinajstić information content (AvgIpc) is 2.50. The van der Waals surface area contributed by atoms with Crippen LogP contribution in [0.4, 0.5) is 0 Å². The Morgan fingerprint density at radius 1 is 1.38 bits per heavy atom. The Balaban J connectivity index is 2.14. The monoisotopic (exact) mass is 299 g/mol. The van der Waals surface area contributed by atoms with Crippen molar-refractivity contribution in [2.75, 3.05) is 60.0 Å². The second-order valence-electron chi connectivity index (χ2n) is 6.11. The van der Waals surface area contributed by atoms with Gasteiger partial charge in [-0.2, -0.15) is 0 Å². The maximum atomic E-state index is 12.0. The fourth-order valence-corrected chi connectivity index (χ4v) is 2.81. The Labute approximate surface area is 130 Å². The minimum atomic E-state index is 0.226. The van der Waals surface area contributed by atoms with Gasteiger partial charge in [-0.3, -0.25) is 4.79 Å². The van der Waals surface area contributed by atoms with Crippen LogP contribution in [0, 0.1) is 5.92 Å². The number of amides is 1. The minimum absolute atomic E-state index is 0.226. The first-order valence-corrected chi connectivity index (χ1v) is 8.33. The molecule has 0 bridgehead atoms. The number of unbranched alkanes of at least 4 members (excludes halogenated alkanes) is 1. The number of piperidine rings is 1. The van der Waals surface area contributed by atoms with Crippen molar-refractivity contribution in [2.45, 2.75) is 32.6 Å². The van der Waals surface area contributed by atoms with E-state index in [1.54, 1.807) is 7.11 Å². The van der Waals surface area contributed by atoms with Crippen LogP contribution in [0.25, 0.3) is 0 Å². The van der Waals surface area contributed by atoms with Crippen LogP contribution in [-0.4, -0.2) is 75.7 Å². The van der Waals surface area contributed by atoms with E-state index < -0.39 is 0 Å². The molecule has 5 heteroatoms. The van der Waals surface area contributed by atoms with Crippen LogP contribution in [0.15, 0.2) is 0 Å². The summed E-state index contributed by atoms with van der Waals surface area (Å²) in [5, 5.41) is 3.13. The van der Waals surface area contributed by atoms with Gasteiger partial charge in [0.05, 0.1) is 13.2 Å². The van der Waals surface area contributed by atoms with Gasteiger partial charge in [-0.1, -0.05) is 13.3 Å². The largest absolute Gasteiger partial charge is 0.383 e. The Morgan fingerprint density at radius 3 is 2.71 bits per heavy atom. The first-order chi connectivity index (χ1) is 10.2. The van der Waals surface area contributed by atoms with Crippen LogP contribution < -0.4 is 5.32 Å². The molecular formula is C16H33N3O2. The van der Waals surface area contributed by atoms with E-state index in [4.69, 9.17) is 4.74 Å². The summed E-state index contributed by atoms with van der Waals surface area (Å²) in [7, 11) is 3.89. The summed E-state index contributed by atoms with van der Waals surface area (Å²) >= 11 is 0. The van der Waals surface area contributed by atoms with E-state index in [0.29, 0.717) is 13.2 Å². The molecule has 0 unspecified atom stereocenters. The predicted molar refractivity (Wildman–Crippen MR) is 86.5 cm³/mol. The molecule has 1 saturated heterocycles. The number of carbonyl (C=O) groups excluding carboxylic acids is 1. The third-order valence-electron chi connectivity index (χ3n) is 4.19. The van der Waals surface area contributed by atoms with Crippen molar-refractivity contribution in [3.8, 4) is 0 Å². The molecule has 0 spiro atoms. The van der Waals surface area contributed by atoms with Crippen molar-refractivity contribution in [2.24, 2.45) is 5.92 Å². The zero-order chi connectivity index (χ0) is 15.5. The topological polar surface area (TPSA) is 44.8 Å². The second kappa shape index (κ2) is 11.0. The molecule has 0 aromatic carbocycles. The molecule has 1 amide bonds. The molecule has 21 heavy (non-hydrogen) atoms. The predicted octanol–water partition coefficient (Wildman–Crippen LogP) is 1.19. The Kier molecular flexibility index (Phi) is 9.63. The highest BCUT2D eigenvalue weighted by molar-refractivity contribution is 5.78. The van der Waals surface area contributed by atoms with Crippen molar-refractivity contribution < 1.29 is 9.53 Å². The first kappa shape index (κ1) is 18.4. The normalized spacial score (nSPS) is 16.7. The van der Waals surface area contributed by atoms with Gasteiger partial charge in [0.15, 0.2) is 0 Å². The van der Waals surface area contributed by atoms with Gasteiger partial charge in [0.1, 0.15) is 0 Å². The van der Waals surface area contributed by atoms with Gasteiger partial charge in [-0.05, 0) is 38.8 Å². The minimum Gasteiger partial charge on any atom is -0.383 e. The maximum Gasteiger partial charge on any atom is 0.236 e. The summed E-state index contributed by atoms with van der Waals surface area (Å²) in [6.07, 6.45) is 4.81. The van der Waals surface area contributed by atoms with Crippen LogP contribution >= 0.6 is 0 Å². The number of ether oxygens (including phenoxy) is 1. The van der Waals surface area contributed by atoms with Crippen molar-refractivity contribution in [1.82, 2.24) is 15.1 Å². The van der Waals surface area contributed by atoms with E-state index in [0.717, 1.165) is 38.4 Å². The molecule has 5 nitrogen and oxygen atoms in total. The lowest BCUT2D eigenvalue weighted by molar-refractivity contribution is -0.131. The molecule has 1 aliphatic heterocycles. The summed E-state index contributed by atoms with van der Waals surface area (Å²) < 4.78 is 4.96. The quantitative estimate of drug-likeness (QED) is 0.616. The molecule has 1 aliphatic rings. The summed E-state index contributed by atoms with van der Waals surface area (Å²) in [6.45, 7) is 8.25. The molecule has 0 saturated carbocycles. The molecule has 124 valence electrons. The van der Waals surface area contributed by atoms with Gasteiger partial charge in [0.25, 0.3) is 0 Å². The molecule has 1 fully saturated rings. The van der Waals surface area contributed by atoms with Crippen LogP contribution in [0.1, 0.15) is 32.6 Å². The number of hydrogen-bond acceptors (Lipinski definition) is 4. The molecule has 0 aromatic heterocycles. The van der Waals surface area contributed by atoms with Gasteiger partial charge in [-0.25, -0.2) is 0 Å². The Bertz CT molecular complexity index is 279. The van der Waals surface area contributed by atoms with E-state index in [2.05, 4.69) is 24.2 Å². The molecule has 0 aromatic rings. The fourth-order valence-electron chi connectivity index (χ4n) is 2.81. The number of rotatable bonds is 10. The SMILES string of the molecule is CCCCN(C)CC1CCN(C(=O)CNCCOC)CC1. The number of likely N-dealkylation sites (tertiary alicyclic amines) is 1. The van der Waals surface area contributed by atoms with Gasteiger partial charge >= 0.3 is 0 Å². The van der Waals surface area contributed by atoms with Crippen molar-refractivity contribution in [3.63, 3.8) is 0 Å². The second-order valence-corrected chi connectivity index (χ2v) is 6.11. The van der Waals surface area contributed by atoms with Crippen LogP contribution in [0.2, 0.25) is 0 Å². The lowest BCUT2D eigenvalue weighted by Crippen LogP contribution is -2.44. The number of nitrogens with one attached hydrogen (secondary N) is 1. The standard InChI is InChI=1S/C16H33N3O2/c1-4-5-9-18(2)14-15-6-10-19(11-7-15)16(20)13-17-8-12-21-3/h15,17H,4-14H2,1-3H3. The molecule has 0 radical (unpaired) electrons. The van der Waals surface area contributed by atoms with Gasteiger partial charge in [0.2, 0.25) is 5.91 Å². The van der Waals surface area contributed by atoms with Crippen LogP contribution in [0.3, 0.4) is 0 Å². The number of carbonyl (C=O) groups is 1. The molecule has 1 heterocycles. The zero-order valence-corrected chi connectivity index (χ0v) is 14.1. The first-order valence-electron chi connectivity index (χ1n) is 8.33. The van der Waals surface area contributed by atoms with Crippen LogP contribution in [0.5, 0.6) is 0 Å². The highest BCUT2D eigenvalue weighted by Gasteiger charge is 2.23. The van der Waals surface area contributed by atoms with E-state index in [-0.39, 0.29) is 5.91 Å². The van der Waals surface area contributed by atoms with Gasteiger partial charge in [-0.15, -0.1) is 0 Å². The molecule has 1 N–H and O–H groups in total.